The van der Waals surface area contributed by atoms with E-state index in [4.69, 9.17) is 4.74 Å². The van der Waals surface area contributed by atoms with Crippen LogP contribution in [0.4, 0.5) is 0 Å². The number of rotatable bonds is 11. The van der Waals surface area contributed by atoms with Crippen molar-refractivity contribution in [1.29, 1.82) is 0 Å². The second-order valence-corrected chi connectivity index (χ2v) is 7.55. The van der Waals surface area contributed by atoms with E-state index in [0.29, 0.717) is 19.7 Å². The molecule has 1 saturated heterocycles. The van der Waals surface area contributed by atoms with E-state index in [9.17, 15) is 14.4 Å². The zero-order valence-electron chi connectivity index (χ0n) is 16.0. The first-order chi connectivity index (χ1) is 13.6. The van der Waals surface area contributed by atoms with Gasteiger partial charge in [0.25, 0.3) is 0 Å². The van der Waals surface area contributed by atoms with Gasteiger partial charge in [-0.25, -0.2) is 0 Å². The molecular weight excluding hydrogens is 380 g/mol. The molecule has 9 heteroatoms. The lowest BCUT2D eigenvalue weighted by Gasteiger charge is -2.30. The maximum atomic E-state index is 12.2. The van der Waals surface area contributed by atoms with Crippen molar-refractivity contribution < 1.29 is 19.1 Å². The zero-order valence-corrected chi connectivity index (χ0v) is 16.8. The van der Waals surface area contributed by atoms with Gasteiger partial charge in [0.1, 0.15) is 5.50 Å². The van der Waals surface area contributed by atoms with Gasteiger partial charge in [-0.3, -0.25) is 19.7 Å². The highest BCUT2D eigenvalue weighted by Crippen LogP contribution is 2.13. The molecule has 3 amide bonds. The lowest BCUT2D eigenvalue weighted by molar-refractivity contribution is -0.125. The molecule has 28 heavy (non-hydrogen) atoms. The Morgan fingerprint density at radius 1 is 1.18 bits per heavy atom. The van der Waals surface area contributed by atoms with Crippen molar-refractivity contribution in [2.45, 2.75) is 30.8 Å². The topological polar surface area (TPSA) is 109 Å². The molecule has 1 aromatic carbocycles. The number of nitrogens with one attached hydrogen (secondary N) is 4. The SMILES string of the molecule is COCCNC(=O)CSC1NC(=O)CC(CC(=O)NCCc2ccccc2)N1. The fourth-order valence-corrected chi connectivity index (χ4v) is 3.68. The molecule has 0 saturated carbocycles. The molecule has 1 fully saturated rings. The minimum atomic E-state index is -0.392. The van der Waals surface area contributed by atoms with Gasteiger partial charge in [-0.05, 0) is 12.0 Å². The fourth-order valence-electron chi connectivity index (χ4n) is 2.75. The highest BCUT2D eigenvalue weighted by atomic mass is 32.2. The average molecular weight is 409 g/mol. The van der Waals surface area contributed by atoms with Gasteiger partial charge in [-0.15, -0.1) is 11.8 Å². The summed E-state index contributed by atoms with van der Waals surface area (Å²) in [6.07, 6.45) is 1.23. The van der Waals surface area contributed by atoms with Crippen LogP contribution in [0, 0.1) is 0 Å². The summed E-state index contributed by atoms with van der Waals surface area (Å²) in [5.74, 6) is -0.140. The van der Waals surface area contributed by atoms with Crippen LogP contribution >= 0.6 is 11.8 Å². The third-order valence-corrected chi connectivity index (χ3v) is 5.15. The van der Waals surface area contributed by atoms with Gasteiger partial charge in [-0.2, -0.15) is 0 Å². The largest absolute Gasteiger partial charge is 0.383 e. The number of benzene rings is 1. The van der Waals surface area contributed by atoms with Crippen molar-refractivity contribution in [3.05, 3.63) is 35.9 Å². The van der Waals surface area contributed by atoms with Crippen LogP contribution in [0.2, 0.25) is 0 Å². The number of ether oxygens (including phenoxy) is 1. The van der Waals surface area contributed by atoms with E-state index >= 15 is 0 Å². The molecule has 0 bridgehead atoms. The molecule has 1 aromatic rings. The molecular formula is C19H28N4O4S. The third kappa shape index (κ3) is 8.73. The van der Waals surface area contributed by atoms with Crippen LogP contribution in [0.25, 0.3) is 0 Å². The minimum absolute atomic E-state index is 0.0933. The number of carbonyl (C=O) groups excluding carboxylic acids is 3. The standard InChI is InChI=1S/C19H28N4O4S/c1-27-10-9-21-18(26)13-28-19-22-15(12-17(25)23-19)11-16(24)20-8-7-14-5-3-2-4-6-14/h2-6,15,19,22H,7-13H2,1H3,(H,20,24)(H,21,26)(H,23,25). The molecule has 0 spiro atoms. The predicted molar refractivity (Wildman–Crippen MR) is 109 cm³/mol. The normalized spacial score (nSPS) is 19.0. The summed E-state index contributed by atoms with van der Waals surface area (Å²) >= 11 is 1.29. The monoisotopic (exact) mass is 408 g/mol. The number of hydrogen-bond donors (Lipinski definition) is 4. The average Bonchev–Trinajstić information content (AvgIpc) is 2.67. The number of carbonyl (C=O) groups is 3. The lowest BCUT2D eigenvalue weighted by Crippen LogP contribution is -2.56. The van der Waals surface area contributed by atoms with Crippen molar-refractivity contribution >= 4 is 29.5 Å². The molecule has 0 radical (unpaired) electrons. The Hall–Kier alpha value is -2.10. The Balaban J connectivity index is 1.67. The van der Waals surface area contributed by atoms with E-state index in [1.807, 2.05) is 30.3 Å². The Labute approximate surface area is 169 Å². The third-order valence-electron chi connectivity index (χ3n) is 4.13. The molecule has 154 valence electrons. The second kappa shape index (κ2) is 12.4. The lowest BCUT2D eigenvalue weighted by atomic mass is 10.1. The van der Waals surface area contributed by atoms with Crippen LogP contribution in [0.3, 0.4) is 0 Å². The molecule has 8 nitrogen and oxygen atoms in total. The summed E-state index contributed by atoms with van der Waals surface area (Å²) in [6, 6.07) is 9.69. The second-order valence-electron chi connectivity index (χ2n) is 6.46. The quantitative estimate of drug-likeness (QED) is 0.384. The van der Waals surface area contributed by atoms with Crippen LogP contribution in [0.5, 0.6) is 0 Å². The summed E-state index contributed by atoms with van der Waals surface area (Å²) in [4.78, 5) is 35.8. The van der Waals surface area contributed by atoms with Crippen LogP contribution < -0.4 is 21.3 Å². The summed E-state index contributed by atoms with van der Waals surface area (Å²) in [5.41, 5.74) is 0.773. The van der Waals surface area contributed by atoms with Crippen LogP contribution in [-0.4, -0.2) is 61.8 Å². The summed E-state index contributed by atoms with van der Waals surface area (Å²) in [6.45, 7) is 1.46. The van der Waals surface area contributed by atoms with E-state index in [1.165, 1.54) is 17.3 Å². The number of thioether (sulfide) groups is 1. The smallest absolute Gasteiger partial charge is 0.230 e. The van der Waals surface area contributed by atoms with E-state index in [1.54, 1.807) is 7.11 Å². The minimum Gasteiger partial charge on any atom is -0.383 e. The molecule has 2 atom stereocenters. The Bertz CT molecular complexity index is 644. The van der Waals surface area contributed by atoms with E-state index in [2.05, 4.69) is 21.3 Å². The van der Waals surface area contributed by atoms with Crippen molar-refractivity contribution in [3.8, 4) is 0 Å². The maximum Gasteiger partial charge on any atom is 0.230 e. The first-order valence-corrected chi connectivity index (χ1v) is 10.3. The van der Waals surface area contributed by atoms with Crippen molar-refractivity contribution in [1.82, 2.24) is 21.3 Å². The van der Waals surface area contributed by atoms with Gasteiger partial charge in [0.2, 0.25) is 17.7 Å². The molecule has 1 aliphatic rings. The molecule has 1 heterocycles. The molecule has 4 N–H and O–H groups in total. The van der Waals surface area contributed by atoms with E-state index in [-0.39, 0.29) is 42.4 Å². The van der Waals surface area contributed by atoms with Crippen molar-refractivity contribution in [2.75, 3.05) is 32.6 Å². The number of amides is 3. The van der Waals surface area contributed by atoms with Gasteiger partial charge in [0.05, 0.1) is 12.4 Å². The van der Waals surface area contributed by atoms with Crippen LogP contribution in [0.15, 0.2) is 30.3 Å². The number of methoxy groups -OCH3 is 1. The molecule has 2 rings (SSSR count). The molecule has 1 aliphatic heterocycles. The first-order valence-electron chi connectivity index (χ1n) is 9.30. The molecule has 0 aliphatic carbocycles. The Kier molecular flexibility index (Phi) is 9.81. The van der Waals surface area contributed by atoms with Gasteiger partial charge in [-0.1, -0.05) is 30.3 Å². The van der Waals surface area contributed by atoms with Gasteiger partial charge < -0.3 is 20.7 Å². The first kappa shape index (κ1) is 22.2. The van der Waals surface area contributed by atoms with Crippen molar-refractivity contribution in [2.24, 2.45) is 0 Å². The van der Waals surface area contributed by atoms with E-state index < -0.39 is 5.50 Å². The summed E-state index contributed by atoms with van der Waals surface area (Å²) in [5, 5.41) is 11.6. The Morgan fingerprint density at radius 3 is 2.68 bits per heavy atom. The van der Waals surface area contributed by atoms with Crippen LogP contribution in [-0.2, 0) is 25.5 Å². The molecule has 0 aromatic heterocycles. The highest BCUT2D eigenvalue weighted by molar-refractivity contribution is 8.00. The zero-order chi connectivity index (χ0) is 20.2. The number of hydrogen-bond acceptors (Lipinski definition) is 6. The maximum absolute atomic E-state index is 12.2. The van der Waals surface area contributed by atoms with E-state index in [0.717, 1.165) is 6.42 Å². The van der Waals surface area contributed by atoms with Crippen molar-refractivity contribution in [3.63, 3.8) is 0 Å². The summed E-state index contributed by atoms with van der Waals surface area (Å²) < 4.78 is 4.88. The van der Waals surface area contributed by atoms with Gasteiger partial charge >= 0.3 is 0 Å². The fraction of sp³-hybridized carbons (Fsp3) is 0.526. The van der Waals surface area contributed by atoms with Gasteiger partial charge in [0, 0.05) is 39.1 Å². The summed E-state index contributed by atoms with van der Waals surface area (Å²) in [7, 11) is 1.57. The van der Waals surface area contributed by atoms with Crippen LogP contribution in [0.1, 0.15) is 18.4 Å². The predicted octanol–water partition coefficient (Wildman–Crippen LogP) is -0.00710. The Morgan fingerprint density at radius 2 is 1.93 bits per heavy atom. The van der Waals surface area contributed by atoms with Gasteiger partial charge in [0.15, 0.2) is 0 Å². The molecule has 2 unspecified atom stereocenters. The highest BCUT2D eigenvalue weighted by Gasteiger charge is 2.27.